The number of halogens is 2. The Morgan fingerprint density at radius 2 is 2.20 bits per heavy atom. The minimum Gasteiger partial charge on any atom is -0.314 e. The molecule has 1 fully saturated rings. The lowest BCUT2D eigenvalue weighted by atomic mass is 9.80. The van der Waals surface area contributed by atoms with E-state index in [1.54, 1.807) is 0 Å². The maximum absolute atomic E-state index is 3.21. The van der Waals surface area contributed by atoms with Crippen LogP contribution in [0.1, 0.15) is 13.3 Å². The first-order valence-electron chi connectivity index (χ1n) is 3.16. The Labute approximate surface area is 76.5 Å². The Kier molecular flexibility index (Phi) is 4.35. The third kappa shape index (κ3) is 1.88. The zero-order valence-electron chi connectivity index (χ0n) is 5.91. The quantitative estimate of drug-likeness (QED) is 0.670. The van der Waals surface area contributed by atoms with Crippen LogP contribution in [0.4, 0.5) is 0 Å². The van der Waals surface area contributed by atoms with E-state index in [1.165, 1.54) is 0 Å². The third-order valence-electron chi connectivity index (χ3n) is 1.92. The van der Waals surface area contributed by atoms with Crippen molar-refractivity contribution in [3.05, 3.63) is 0 Å². The van der Waals surface area contributed by atoms with Gasteiger partial charge in [0, 0.05) is 29.0 Å². The van der Waals surface area contributed by atoms with Crippen LogP contribution in [0.25, 0.3) is 0 Å². The topological polar surface area (TPSA) is 12.0 Å². The smallest absolute Gasteiger partial charge is 0.0569 e. The predicted octanol–water partition coefficient (Wildman–Crippen LogP) is 1.76. The van der Waals surface area contributed by atoms with Gasteiger partial charge >= 0.3 is 0 Å². The summed E-state index contributed by atoms with van der Waals surface area (Å²) in [5.74, 6) is 3.15. The van der Waals surface area contributed by atoms with E-state index in [0.717, 1.165) is 19.5 Å². The van der Waals surface area contributed by atoms with Crippen LogP contribution in [0.5, 0.6) is 0 Å². The van der Waals surface area contributed by atoms with Gasteiger partial charge in [0.2, 0.25) is 0 Å². The molecule has 0 atom stereocenters. The lowest BCUT2D eigenvalue weighted by Gasteiger charge is -2.37. The largest absolute Gasteiger partial charge is 0.314 e. The Morgan fingerprint density at radius 3 is 2.30 bits per heavy atom. The van der Waals surface area contributed by atoms with Gasteiger partial charge in [0.25, 0.3) is 0 Å². The molecule has 1 nitrogen and oxygen atoms in total. The van der Waals surface area contributed by atoms with Crippen molar-refractivity contribution < 1.29 is 0 Å². The lowest BCUT2D eigenvalue weighted by molar-refractivity contribution is 0.245. The fourth-order valence-electron chi connectivity index (χ4n) is 0.954. The number of nitrogens with one attached hydrogen (secondary N) is 1. The average molecular weight is 225 g/mol. The van der Waals surface area contributed by atoms with Crippen LogP contribution >= 0.6 is 28.3 Å². The minimum absolute atomic E-state index is 0. The highest BCUT2D eigenvalue weighted by atomic mass is 79.9. The van der Waals surface area contributed by atoms with Gasteiger partial charge in [0.1, 0.15) is 0 Å². The summed E-state index contributed by atoms with van der Waals surface area (Å²) in [4.78, 5) is 2.78. The zero-order chi connectivity index (χ0) is 6.74. The summed E-state index contributed by atoms with van der Waals surface area (Å²) in [6, 6.07) is 0. The molecule has 58 valence electrons. The molecular formula is C7H11BrClN. The molecule has 1 aliphatic rings. The van der Waals surface area contributed by atoms with Crippen molar-refractivity contribution in [1.82, 2.24) is 5.32 Å². The Balaban J connectivity index is 0.000000810. The number of hydrogen-bond acceptors (Lipinski definition) is 1. The average Bonchev–Trinajstić information content (AvgIpc) is 1.79. The normalized spacial score (nSPS) is 19.4. The highest BCUT2D eigenvalue weighted by Gasteiger charge is 2.32. The van der Waals surface area contributed by atoms with Crippen LogP contribution in [0.3, 0.4) is 0 Å². The molecule has 3 heteroatoms. The van der Waals surface area contributed by atoms with Gasteiger partial charge in [-0.15, -0.1) is 12.4 Å². The van der Waals surface area contributed by atoms with Gasteiger partial charge < -0.3 is 5.32 Å². The van der Waals surface area contributed by atoms with E-state index in [-0.39, 0.29) is 12.4 Å². The van der Waals surface area contributed by atoms with Crippen molar-refractivity contribution in [2.75, 3.05) is 13.1 Å². The molecule has 0 aromatic carbocycles. The molecule has 0 unspecified atom stereocenters. The summed E-state index contributed by atoms with van der Waals surface area (Å²) in [6.45, 7) is 4.29. The highest BCUT2D eigenvalue weighted by molar-refractivity contribution is 9.12. The molecule has 0 aliphatic carbocycles. The van der Waals surface area contributed by atoms with Gasteiger partial charge in [-0.3, -0.25) is 0 Å². The van der Waals surface area contributed by atoms with Crippen molar-refractivity contribution in [2.24, 2.45) is 5.41 Å². The van der Waals surface area contributed by atoms with Gasteiger partial charge in [-0.2, -0.15) is 0 Å². The van der Waals surface area contributed by atoms with E-state index in [2.05, 4.69) is 38.9 Å². The number of rotatable bonds is 1. The zero-order valence-corrected chi connectivity index (χ0v) is 8.31. The number of hydrogen-bond donors (Lipinski definition) is 1. The summed E-state index contributed by atoms with van der Waals surface area (Å²) in [5, 5.41) is 3.21. The fraction of sp³-hybridized carbons (Fsp3) is 0.714. The van der Waals surface area contributed by atoms with E-state index in [1.807, 2.05) is 0 Å². The second-order valence-corrected chi connectivity index (χ2v) is 2.85. The molecule has 0 bridgehead atoms. The molecule has 1 saturated heterocycles. The standard InChI is InChI=1S/C7H10BrN.ClH/c1-2-7(3-4-8)5-9-6-7;/h9H,2,5-6H2,1H3;1H. The van der Waals surface area contributed by atoms with Crippen molar-refractivity contribution in [3.63, 3.8) is 0 Å². The van der Waals surface area contributed by atoms with E-state index in [9.17, 15) is 0 Å². The van der Waals surface area contributed by atoms with Crippen LogP contribution in [0, 0.1) is 16.2 Å². The summed E-state index contributed by atoms with van der Waals surface area (Å²) >= 11 is 3.11. The van der Waals surface area contributed by atoms with Gasteiger partial charge in [0.15, 0.2) is 0 Å². The molecule has 1 rings (SSSR count). The Hall–Kier alpha value is 0.290. The molecule has 0 saturated carbocycles. The highest BCUT2D eigenvalue weighted by Crippen LogP contribution is 2.25. The summed E-state index contributed by atoms with van der Waals surface area (Å²) in [7, 11) is 0. The van der Waals surface area contributed by atoms with Crippen LogP contribution in [0.15, 0.2) is 0 Å². The van der Waals surface area contributed by atoms with Crippen LogP contribution in [0.2, 0.25) is 0 Å². The second-order valence-electron chi connectivity index (χ2n) is 2.46. The van der Waals surface area contributed by atoms with E-state index < -0.39 is 0 Å². The Bertz CT molecular complexity index is 149. The second kappa shape index (κ2) is 4.23. The first-order chi connectivity index (χ1) is 4.33. The van der Waals surface area contributed by atoms with Crippen LogP contribution < -0.4 is 5.32 Å². The molecule has 0 radical (unpaired) electrons. The predicted molar refractivity (Wildman–Crippen MR) is 49.5 cm³/mol. The van der Waals surface area contributed by atoms with E-state index >= 15 is 0 Å². The molecule has 10 heavy (non-hydrogen) atoms. The molecule has 0 aromatic rings. The third-order valence-corrected chi connectivity index (χ3v) is 2.11. The van der Waals surface area contributed by atoms with Crippen LogP contribution in [-0.2, 0) is 0 Å². The molecule has 1 N–H and O–H groups in total. The van der Waals surface area contributed by atoms with Crippen molar-refractivity contribution >= 4 is 28.3 Å². The molecule has 0 amide bonds. The van der Waals surface area contributed by atoms with Crippen molar-refractivity contribution in [3.8, 4) is 10.8 Å². The van der Waals surface area contributed by atoms with Crippen molar-refractivity contribution in [2.45, 2.75) is 13.3 Å². The van der Waals surface area contributed by atoms with Crippen LogP contribution in [-0.4, -0.2) is 13.1 Å². The minimum atomic E-state index is 0. The summed E-state index contributed by atoms with van der Waals surface area (Å²) in [5.41, 5.74) is 0.295. The summed E-state index contributed by atoms with van der Waals surface area (Å²) in [6.07, 6.45) is 1.15. The maximum atomic E-state index is 3.21. The monoisotopic (exact) mass is 223 g/mol. The first kappa shape index (κ1) is 10.3. The first-order valence-corrected chi connectivity index (χ1v) is 3.96. The SMILES string of the molecule is CCC1(C#CBr)CNC1.Cl. The van der Waals surface area contributed by atoms with Gasteiger partial charge in [-0.1, -0.05) is 12.8 Å². The van der Waals surface area contributed by atoms with E-state index in [4.69, 9.17) is 0 Å². The fourth-order valence-corrected chi connectivity index (χ4v) is 1.37. The molecular weight excluding hydrogens is 213 g/mol. The molecule has 1 heterocycles. The molecule has 1 aliphatic heterocycles. The molecule has 0 spiro atoms. The van der Waals surface area contributed by atoms with Gasteiger partial charge in [-0.25, -0.2) is 0 Å². The molecule has 0 aromatic heterocycles. The maximum Gasteiger partial charge on any atom is 0.0569 e. The van der Waals surface area contributed by atoms with Gasteiger partial charge in [-0.05, 0) is 11.3 Å². The van der Waals surface area contributed by atoms with Gasteiger partial charge in [0.05, 0.1) is 5.41 Å². The summed E-state index contributed by atoms with van der Waals surface area (Å²) < 4.78 is 0. The Morgan fingerprint density at radius 1 is 1.60 bits per heavy atom. The lowest BCUT2D eigenvalue weighted by Crippen LogP contribution is -2.52. The van der Waals surface area contributed by atoms with Crippen molar-refractivity contribution in [1.29, 1.82) is 0 Å². The van der Waals surface area contributed by atoms with E-state index in [0.29, 0.717) is 5.41 Å².